The van der Waals surface area contributed by atoms with E-state index in [1.165, 1.54) is 0 Å². The largest absolute Gasteiger partial charge is 0.496 e. The molecule has 0 aliphatic heterocycles. The monoisotopic (exact) mass is 260 g/mol. The zero-order valence-electron chi connectivity index (χ0n) is 10.4. The fourth-order valence-electron chi connectivity index (χ4n) is 1.82. The van der Waals surface area contributed by atoms with Crippen LogP contribution in [0.1, 0.15) is 15.9 Å². The summed E-state index contributed by atoms with van der Waals surface area (Å²) in [4.78, 5) is 28.3. The van der Waals surface area contributed by atoms with E-state index < -0.39 is 11.7 Å². The van der Waals surface area contributed by atoms with Crippen LogP contribution in [0.2, 0.25) is 0 Å². The summed E-state index contributed by atoms with van der Waals surface area (Å²) in [5.41, 5.74) is 1.03. The number of carboxylic acid groups (broad SMARTS) is 1. The molecule has 0 unspecified atom stereocenters. The SMILES string of the molecule is COc1ccc(-c2[nH]c(=O)ncc2C(=O)O)cc1C. The van der Waals surface area contributed by atoms with Gasteiger partial charge in [0.1, 0.15) is 11.3 Å². The van der Waals surface area contributed by atoms with E-state index in [1.807, 2.05) is 6.92 Å². The van der Waals surface area contributed by atoms with Gasteiger partial charge in [0.25, 0.3) is 0 Å². The third-order valence-electron chi connectivity index (χ3n) is 2.73. The molecule has 0 saturated heterocycles. The summed E-state index contributed by atoms with van der Waals surface area (Å²) in [6, 6.07) is 5.15. The van der Waals surface area contributed by atoms with Crippen LogP contribution in [0.5, 0.6) is 5.75 Å². The van der Waals surface area contributed by atoms with Gasteiger partial charge in [0, 0.05) is 6.20 Å². The van der Waals surface area contributed by atoms with Crippen LogP contribution < -0.4 is 10.4 Å². The minimum Gasteiger partial charge on any atom is -0.496 e. The van der Waals surface area contributed by atoms with Gasteiger partial charge in [-0.25, -0.2) is 14.6 Å². The van der Waals surface area contributed by atoms with Crippen molar-refractivity contribution >= 4 is 5.97 Å². The zero-order chi connectivity index (χ0) is 14.0. The number of carbonyl (C=O) groups is 1. The van der Waals surface area contributed by atoms with Crippen molar-refractivity contribution in [2.75, 3.05) is 7.11 Å². The highest BCUT2D eigenvalue weighted by Crippen LogP contribution is 2.26. The predicted molar refractivity (Wildman–Crippen MR) is 68.5 cm³/mol. The van der Waals surface area contributed by atoms with Crippen LogP contribution in [-0.4, -0.2) is 28.2 Å². The number of methoxy groups -OCH3 is 1. The van der Waals surface area contributed by atoms with Gasteiger partial charge in [0.15, 0.2) is 0 Å². The molecule has 0 saturated carbocycles. The van der Waals surface area contributed by atoms with Gasteiger partial charge in [-0.2, -0.15) is 0 Å². The molecule has 0 aliphatic carbocycles. The lowest BCUT2D eigenvalue weighted by atomic mass is 10.0. The number of hydrogen-bond acceptors (Lipinski definition) is 4. The Hall–Kier alpha value is -2.63. The molecule has 1 aromatic heterocycles. The highest BCUT2D eigenvalue weighted by molar-refractivity contribution is 5.94. The minimum atomic E-state index is -1.15. The Labute approximate surface area is 108 Å². The molecule has 2 rings (SSSR count). The summed E-state index contributed by atoms with van der Waals surface area (Å²) >= 11 is 0. The van der Waals surface area contributed by atoms with Gasteiger partial charge in [-0.15, -0.1) is 0 Å². The van der Waals surface area contributed by atoms with E-state index >= 15 is 0 Å². The molecule has 6 nitrogen and oxygen atoms in total. The normalized spacial score (nSPS) is 10.2. The van der Waals surface area contributed by atoms with E-state index in [0.717, 1.165) is 11.8 Å². The predicted octanol–water partition coefficient (Wildman–Crippen LogP) is 1.45. The number of H-pyrrole nitrogens is 1. The molecule has 98 valence electrons. The molecule has 0 aliphatic rings. The van der Waals surface area contributed by atoms with Crippen LogP contribution in [0.4, 0.5) is 0 Å². The number of hydrogen-bond donors (Lipinski definition) is 2. The quantitative estimate of drug-likeness (QED) is 0.871. The van der Waals surface area contributed by atoms with E-state index in [-0.39, 0.29) is 11.3 Å². The maximum absolute atomic E-state index is 11.3. The van der Waals surface area contributed by atoms with E-state index in [2.05, 4.69) is 9.97 Å². The first-order valence-electron chi connectivity index (χ1n) is 5.50. The molecular formula is C13H12N2O4. The first-order valence-corrected chi connectivity index (χ1v) is 5.50. The summed E-state index contributed by atoms with van der Waals surface area (Å²) in [6.07, 6.45) is 1.05. The number of nitrogens with zero attached hydrogens (tertiary/aromatic N) is 1. The number of aryl methyl sites for hydroxylation is 1. The fraction of sp³-hybridized carbons (Fsp3) is 0.154. The molecule has 0 bridgehead atoms. The second kappa shape index (κ2) is 4.93. The molecule has 0 atom stereocenters. The van der Waals surface area contributed by atoms with Crippen LogP contribution in [0, 0.1) is 6.92 Å². The van der Waals surface area contributed by atoms with Gasteiger partial charge < -0.3 is 14.8 Å². The number of aromatic carboxylic acids is 1. The standard InChI is InChI=1S/C13H12N2O4/c1-7-5-8(3-4-10(7)19-2)11-9(12(16)17)6-14-13(18)15-11/h3-6H,1-2H3,(H,16,17)(H,14,15,18). The second-order valence-corrected chi connectivity index (χ2v) is 3.97. The van der Waals surface area contributed by atoms with Crippen LogP contribution in [0.3, 0.4) is 0 Å². The Morgan fingerprint density at radius 1 is 1.42 bits per heavy atom. The number of benzene rings is 1. The lowest BCUT2D eigenvalue weighted by Crippen LogP contribution is -2.15. The molecule has 1 heterocycles. The number of ether oxygens (including phenoxy) is 1. The molecule has 0 spiro atoms. The average Bonchev–Trinajstić information content (AvgIpc) is 2.38. The molecule has 2 aromatic rings. The van der Waals surface area contributed by atoms with Gasteiger partial charge >= 0.3 is 11.7 Å². The highest BCUT2D eigenvalue weighted by Gasteiger charge is 2.14. The number of carboxylic acids is 1. The summed E-state index contributed by atoms with van der Waals surface area (Å²) in [5, 5.41) is 9.10. The zero-order valence-corrected chi connectivity index (χ0v) is 10.4. The molecule has 0 radical (unpaired) electrons. The van der Waals surface area contributed by atoms with E-state index in [0.29, 0.717) is 11.3 Å². The molecule has 0 amide bonds. The van der Waals surface area contributed by atoms with Gasteiger partial charge in [-0.1, -0.05) is 0 Å². The Morgan fingerprint density at radius 2 is 2.16 bits per heavy atom. The van der Waals surface area contributed by atoms with Gasteiger partial charge in [0.2, 0.25) is 0 Å². The van der Waals surface area contributed by atoms with Crippen molar-refractivity contribution in [3.63, 3.8) is 0 Å². The van der Waals surface area contributed by atoms with Gasteiger partial charge in [-0.3, -0.25) is 0 Å². The fourth-order valence-corrected chi connectivity index (χ4v) is 1.82. The third kappa shape index (κ3) is 2.47. The minimum absolute atomic E-state index is 0.0517. The van der Waals surface area contributed by atoms with E-state index in [4.69, 9.17) is 9.84 Å². The molecular weight excluding hydrogens is 248 g/mol. The molecule has 19 heavy (non-hydrogen) atoms. The maximum Gasteiger partial charge on any atom is 0.345 e. The summed E-state index contributed by atoms with van der Waals surface area (Å²) in [6.45, 7) is 1.84. The van der Waals surface area contributed by atoms with Crippen LogP contribution in [0.25, 0.3) is 11.3 Å². The second-order valence-electron chi connectivity index (χ2n) is 3.97. The van der Waals surface area contributed by atoms with Crippen molar-refractivity contribution in [3.05, 3.63) is 46.0 Å². The maximum atomic E-state index is 11.3. The highest BCUT2D eigenvalue weighted by atomic mass is 16.5. The number of aromatic amines is 1. The van der Waals surface area contributed by atoms with Crippen molar-refractivity contribution in [3.8, 4) is 17.0 Å². The van der Waals surface area contributed by atoms with E-state index in [9.17, 15) is 9.59 Å². The Balaban J connectivity index is 2.64. The van der Waals surface area contributed by atoms with Crippen molar-refractivity contribution in [2.45, 2.75) is 6.92 Å². The van der Waals surface area contributed by atoms with Crippen LogP contribution in [0.15, 0.2) is 29.2 Å². The first-order chi connectivity index (χ1) is 9.02. The topological polar surface area (TPSA) is 92.3 Å². The van der Waals surface area contributed by atoms with Crippen molar-refractivity contribution in [1.29, 1.82) is 0 Å². The number of nitrogens with one attached hydrogen (secondary N) is 1. The van der Waals surface area contributed by atoms with Gasteiger partial charge in [0.05, 0.1) is 12.8 Å². The number of rotatable bonds is 3. The average molecular weight is 260 g/mol. The van der Waals surface area contributed by atoms with Crippen molar-refractivity contribution in [1.82, 2.24) is 9.97 Å². The Kier molecular flexibility index (Phi) is 3.33. The Morgan fingerprint density at radius 3 is 2.74 bits per heavy atom. The number of aromatic nitrogens is 2. The summed E-state index contributed by atoms with van der Waals surface area (Å²) in [7, 11) is 1.55. The first kappa shape index (κ1) is 12.8. The Bertz CT molecular complexity index is 691. The summed E-state index contributed by atoms with van der Waals surface area (Å²) in [5.74, 6) is -0.454. The lowest BCUT2D eigenvalue weighted by Gasteiger charge is -2.09. The van der Waals surface area contributed by atoms with Crippen LogP contribution >= 0.6 is 0 Å². The lowest BCUT2D eigenvalue weighted by molar-refractivity contribution is 0.0697. The molecule has 1 aromatic carbocycles. The van der Waals surface area contributed by atoms with Crippen molar-refractivity contribution < 1.29 is 14.6 Å². The van der Waals surface area contributed by atoms with Crippen molar-refractivity contribution in [2.24, 2.45) is 0 Å². The smallest absolute Gasteiger partial charge is 0.345 e. The molecule has 0 fully saturated rings. The van der Waals surface area contributed by atoms with Gasteiger partial charge in [-0.05, 0) is 36.2 Å². The third-order valence-corrected chi connectivity index (χ3v) is 2.73. The van der Waals surface area contributed by atoms with E-state index in [1.54, 1.807) is 25.3 Å². The molecule has 2 N–H and O–H groups in total. The molecule has 6 heteroatoms. The van der Waals surface area contributed by atoms with Crippen LogP contribution in [-0.2, 0) is 0 Å². The summed E-state index contributed by atoms with van der Waals surface area (Å²) < 4.78 is 5.14.